The maximum atomic E-state index is 5.35. The average Bonchev–Trinajstić information content (AvgIpc) is 3.01. The Morgan fingerprint density at radius 3 is 2.37 bits per heavy atom. The number of aromatic amines is 1. The number of nitrogens with one attached hydrogen (secondary N) is 1. The quantitative estimate of drug-likeness (QED) is 0.459. The van der Waals surface area contributed by atoms with Crippen LogP contribution in [-0.4, -0.2) is 21.1 Å². The Kier molecular flexibility index (Phi) is 5.51. The molecule has 3 aromatic rings. The third kappa shape index (κ3) is 4.68. The van der Waals surface area contributed by atoms with Gasteiger partial charge >= 0.3 is 0 Å². The number of H-pyrrole nitrogens is 1. The number of aromatic nitrogens is 3. The molecule has 0 bridgehead atoms. The van der Waals surface area contributed by atoms with Gasteiger partial charge in [0.1, 0.15) is 0 Å². The van der Waals surface area contributed by atoms with Crippen molar-refractivity contribution in [3.63, 3.8) is 0 Å². The third-order valence-corrected chi connectivity index (χ3v) is 4.49. The minimum Gasteiger partial charge on any atom is -0.250 e. The Hall–Kier alpha value is -2.79. The molecule has 4 nitrogen and oxygen atoms in total. The molecular formula is C22H24N4S. The van der Waals surface area contributed by atoms with Crippen LogP contribution in [0.1, 0.15) is 38.8 Å². The molecule has 0 fully saturated rings. The molecule has 0 unspecified atom stereocenters. The van der Waals surface area contributed by atoms with Gasteiger partial charge in [-0.3, -0.25) is 0 Å². The normalized spacial score (nSPS) is 12.7. The highest BCUT2D eigenvalue weighted by Crippen LogP contribution is 2.25. The van der Waals surface area contributed by atoms with E-state index in [1.165, 1.54) is 5.56 Å². The summed E-state index contributed by atoms with van der Waals surface area (Å²) in [5.41, 5.74) is 4.52. The van der Waals surface area contributed by atoms with E-state index in [0.29, 0.717) is 10.6 Å². The van der Waals surface area contributed by atoms with Gasteiger partial charge in [-0.25, -0.2) is 5.10 Å². The summed E-state index contributed by atoms with van der Waals surface area (Å²) in [5, 5.41) is 11.7. The largest absolute Gasteiger partial charge is 0.250 e. The first kappa shape index (κ1) is 19.0. The molecule has 1 heterocycles. The van der Waals surface area contributed by atoms with Crippen LogP contribution >= 0.6 is 12.2 Å². The maximum absolute atomic E-state index is 5.35. The van der Waals surface area contributed by atoms with E-state index in [2.05, 4.69) is 78.5 Å². The van der Waals surface area contributed by atoms with Crippen LogP contribution in [0.25, 0.3) is 17.5 Å². The Labute approximate surface area is 165 Å². The highest BCUT2D eigenvalue weighted by atomic mass is 32.1. The van der Waals surface area contributed by atoms with Crippen LogP contribution < -0.4 is 0 Å². The van der Waals surface area contributed by atoms with Gasteiger partial charge in [0, 0.05) is 5.56 Å². The van der Waals surface area contributed by atoms with E-state index in [-0.39, 0.29) is 5.41 Å². The number of allylic oxidation sites excluding steroid dienone is 1. The summed E-state index contributed by atoms with van der Waals surface area (Å²) in [5.74, 6) is 0.698. The zero-order chi connectivity index (χ0) is 19.4. The Balaban J connectivity index is 1.89. The standard InChI is InChI=1S/C22H24N4S/c1-16(14-17-8-6-5-7-9-17)15-23-26-20(24-25-21(26)27)18-10-12-19(13-11-18)22(2,3)4/h5-15H,1-4H3,(H,25,27)/b16-14+,23-15-. The molecule has 0 saturated carbocycles. The first-order valence-electron chi connectivity index (χ1n) is 8.90. The molecule has 27 heavy (non-hydrogen) atoms. The van der Waals surface area contributed by atoms with Crippen molar-refractivity contribution in [1.29, 1.82) is 0 Å². The molecule has 0 aliphatic carbocycles. The van der Waals surface area contributed by atoms with Gasteiger partial charge in [-0.1, -0.05) is 81.4 Å². The van der Waals surface area contributed by atoms with Crippen LogP contribution in [-0.2, 0) is 5.41 Å². The molecule has 138 valence electrons. The summed E-state index contributed by atoms with van der Waals surface area (Å²) in [6.45, 7) is 8.61. The van der Waals surface area contributed by atoms with E-state index in [0.717, 1.165) is 16.7 Å². The number of hydrogen-bond acceptors (Lipinski definition) is 3. The first-order chi connectivity index (χ1) is 12.8. The SMILES string of the molecule is CC(/C=N\n1c(-c2ccc(C(C)(C)C)cc2)n[nH]c1=S)=C\c1ccccc1. The van der Waals surface area contributed by atoms with Gasteiger partial charge in [0.2, 0.25) is 4.77 Å². The highest BCUT2D eigenvalue weighted by Gasteiger charge is 2.14. The van der Waals surface area contributed by atoms with E-state index >= 15 is 0 Å². The minimum atomic E-state index is 0.112. The fourth-order valence-electron chi connectivity index (χ4n) is 2.70. The smallest absolute Gasteiger partial charge is 0.216 e. The molecule has 1 aromatic heterocycles. The van der Waals surface area contributed by atoms with Gasteiger partial charge in [0.15, 0.2) is 5.82 Å². The Bertz CT molecular complexity index is 1020. The molecule has 2 aromatic carbocycles. The predicted molar refractivity (Wildman–Crippen MR) is 116 cm³/mol. The molecule has 5 heteroatoms. The van der Waals surface area contributed by atoms with Crippen molar-refractivity contribution in [2.24, 2.45) is 5.10 Å². The number of benzene rings is 2. The van der Waals surface area contributed by atoms with Crippen molar-refractivity contribution in [3.8, 4) is 11.4 Å². The molecule has 0 atom stereocenters. The van der Waals surface area contributed by atoms with Crippen molar-refractivity contribution in [2.75, 3.05) is 0 Å². The lowest BCUT2D eigenvalue weighted by Crippen LogP contribution is -2.10. The van der Waals surface area contributed by atoms with Gasteiger partial charge < -0.3 is 0 Å². The minimum absolute atomic E-state index is 0.112. The van der Waals surface area contributed by atoms with Crippen molar-refractivity contribution in [1.82, 2.24) is 14.9 Å². The summed E-state index contributed by atoms with van der Waals surface area (Å²) in [7, 11) is 0. The summed E-state index contributed by atoms with van der Waals surface area (Å²) in [6, 6.07) is 18.5. The lowest BCUT2D eigenvalue weighted by atomic mass is 9.87. The average molecular weight is 377 g/mol. The van der Waals surface area contributed by atoms with Gasteiger partial charge in [-0.05, 0) is 41.3 Å². The second-order valence-corrected chi connectivity index (χ2v) is 7.92. The lowest BCUT2D eigenvalue weighted by molar-refractivity contribution is 0.590. The zero-order valence-electron chi connectivity index (χ0n) is 16.1. The molecule has 0 amide bonds. The molecule has 0 aliphatic heterocycles. The second kappa shape index (κ2) is 7.84. The molecule has 0 spiro atoms. The van der Waals surface area contributed by atoms with Crippen molar-refractivity contribution >= 4 is 24.5 Å². The summed E-state index contributed by atoms with van der Waals surface area (Å²) in [4.78, 5) is 0. The van der Waals surface area contributed by atoms with Crippen LogP contribution in [0, 0.1) is 4.77 Å². The van der Waals surface area contributed by atoms with E-state index in [1.807, 2.05) is 25.1 Å². The third-order valence-electron chi connectivity index (χ3n) is 4.23. The van der Waals surface area contributed by atoms with Crippen LogP contribution in [0.2, 0.25) is 0 Å². The fourth-order valence-corrected chi connectivity index (χ4v) is 2.88. The molecule has 3 rings (SSSR count). The summed E-state index contributed by atoms with van der Waals surface area (Å²) in [6.07, 6.45) is 3.87. The second-order valence-electron chi connectivity index (χ2n) is 7.54. The maximum Gasteiger partial charge on any atom is 0.216 e. The van der Waals surface area contributed by atoms with Gasteiger partial charge in [-0.2, -0.15) is 14.9 Å². The molecule has 0 saturated heterocycles. The highest BCUT2D eigenvalue weighted by molar-refractivity contribution is 7.71. The summed E-state index contributed by atoms with van der Waals surface area (Å²) >= 11 is 5.35. The number of nitrogens with zero attached hydrogens (tertiary/aromatic N) is 3. The molecule has 1 N–H and O–H groups in total. The van der Waals surface area contributed by atoms with Crippen LogP contribution in [0.15, 0.2) is 65.3 Å². The number of rotatable bonds is 4. The molecule has 0 aliphatic rings. The Morgan fingerprint density at radius 1 is 1.07 bits per heavy atom. The number of hydrogen-bond donors (Lipinski definition) is 1. The Morgan fingerprint density at radius 2 is 1.74 bits per heavy atom. The first-order valence-corrected chi connectivity index (χ1v) is 9.31. The van der Waals surface area contributed by atoms with Crippen molar-refractivity contribution < 1.29 is 0 Å². The van der Waals surface area contributed by atoms with E-state index in [1.54, 1.807) is 10.9 Å². The monoisotopic (exact) mass is 376 g/mol. The predicted octanol–water partition coefficient (Wildman–Crippen LogP) is 5.84. The lowest BCUT2D eigenvalue weighted by Gasteiger charge is -2.18. The van der Waals surface area contributed by atoms with Gasteiger partial charge in [0.25, 0.3) is 0 Å². The molecule has 0 radical (unpaired) electrons. The van der Waals surface area contributed by atoms with E-state index < -0.39 is 0 Å². The van der Waals surface area contributed by atoms with Crippen LogP contribution in [0.4, 0.5) is 0 Å². The van der Waals surface area contributed by atoms with Crippen LogP contribution in [0.5, 0.6) is 0 Å². The van der Waals surface area contributed by atoms with Gasteiger partial charge in [0.05, 0.1) is 6.21 Å². The van der Waals surface area contributed by atoms with E-state index in [4.69, 9.17) is 12.2 Å². The van der Waals surface area contributed by atoms with Crippen molar-refractivity contribution in [2.45, 2.75) is 33.1 Å². The van der Waals surface area contributed by atoms with Gasteiger partial charge in [-0.15, -0.1) is 0 Å². The summed E-state index contributed by atoms with van der Waals surface area (Å²) < 4.78 is 2.12. The molecular weight excluding hydrogens is 352 g/mol. The topological polar surface area (TPSA) is 46.0 Å². The van der Waals surface area contributed by atoms with E-state index in [9.17, 15) is 0 Å². The van der Waals surface area contributed by atoms with Crippen molar-refractivity contribution in [3.05, 3.63) is 76.1 Å². The van der Waals surface area contributed by atoms with Crippen LogP contribution in [0.3, 0.4) is 0 Å². The fraction of sp³-hybridized carbons (Fsp3) is 0.227. The zero-order valence-corrected chi connectivity index (χ0v) is 16.9.